The molecule has 2 aromatic rings. The Labute approximate surface area is 152 Å². The molecule has 1 saturated heterocycles. The van der Waals surface area contributed by atoms with Crippen LogP contribution in [-0.2, 0) is 21.3 Å². The fraction of sp³-hybridized carbons (Fsp3) is 0.353. The van der Waals surface area contributed by atoms with Gasteiger partial charge < -0.3 is 10.1 Å². The smallest absolute Gasteiger partial charge is 0.251 e. The van der Waals surface area contributed by atoms with Crippen LogP contribution in [0.25, 0.3) is 0 Å². The molecule has 0 unspecified atom stereocenters. The molecule has 8 nitrogen and oxygen atoms in total. The highest BCUT2D eigenvalue weighted by Crippen LogP contribution is 2.15. The zero-order valence-electron chi connectivity index (χ0n) is 14.1. The number of nitrogens with one attached hydrogen (secondary N) is 2. The van der Waals surface area contributed by atoms with Gasteiger partial charge in [0.2, 0.25) is 10.0 Å². The summed E-state index contributed by atoms with van der Waals surface area (Å²) in [5.74, 6) is -0.186. The van der Waals surface area contributed by atoms with Crippen LogP contribution in [0, 0.1) is 5.92 Å². The highest BCUT2D eigenvalue weighted by atomic mass is 32.2. The number of hydrogen-bond donors (Lipinski definition) is 2. The van der Waals surface area contributed by atoms with Gasteiger partial charge in [0.1, 0.15) is 6.33 Å². The summed E-state index contributed by atoms with van der Waals surface area (Å²) in [5, 5.41) is 2.71. The van der Waals surface area contributed by atoms with Crippen molar-refractivity contribution in [2.24, 2.45) is 5.92 Å². The molecule has 2 N–H and O–H groups in total. The summed E-state index contributed by atoms with van der Waals surface area (Å²) in [4.78, 5) is 20.2. The number of nitrogens with zero attached hydrogens (tertiary/aromatic N) is 2. The molecule has 1 amide bonds. The third-order valence-corrected chi connectivity index (χ3v) is 5.49. The molecular weight excluding hydrogens is 356 g/mol. The molecule has 1 aliphatic rings. The van der Waals surface area contributed by atoms with Gasteiger partial charge in [0.15, 0.2) is 0 Å². The van der Waals surface area contributed by atoms with E-state index >= 15 is 0 Å². The number of amides is 1. The van der Waals surface area contributed by atoms with Gasteiger partial charge in [-0.25, -0.2) is 23.1 Å². The van der Waals surface area contributed by atoms with Crippen LogP contribution >= 0.6 is 0 Å². The second-order valence-electron chi connectivity index (χ2n) is 5.99. The van der Waals surface area contributed by atoms with Crippen molar-refractivity contribution in [2.45, 2.75) is 17.9 Å². The molecule has 1 aromatic heterocycles. The molecule has 0 bridgehead atoms. The molecule has 0 aliphatic carbocycles. The zero-order valence-corrected chi connectivity index (χ0v) is 14.9. The molecular formula is C17H20N4O4S. The van der Waals surface area contributed by atoms with Gasteiger partial charge in [0.05, 0.1) is 23.7 Å². The number of carbonyl (C=O) groups is 1. The number of hydrogen-bond acceptors (Lipinski definition) is 6. The van der Waals surface area contributed by atoms with Crippen molar-refractivity contribution in [3.05, 3.63) is 54.1 Å². The summed E-state index contributed by atoms with van der Waals surface area (Å²) in [6.45, 7) is 1.78. The molecule has 0 spiro atoms. The van der Waals surface area contributed by atoms with E-state index in [4.69, 9.17) is 4.74 Å². The van der Waals surface area contributed by atoms with Crippen molar-refractivity contribution in [3.63, 3.8) is 0 Å². The topological polar surface area (TPSA) is 110 Å². The van der Waals surface area contributed by atoms with Crippen LogP contribution in [0.3, 0.4) is 0 Å². The van der Waals surface area contributed by atoms with E-state index in [1.54, 1.807) is 24.4 Å². The summed E-state index contributed by atoms with van der Waals surface area (Å²) in [6, 6.07) is 7.64. The number of ether oxygens (including phenoxy) is 1. The lowest BCUT2D eigenvalue weighted by Crippen LogP contribution is -2.30. The summed E-state index contributed by atoms with van der Waals surface area (Å²) < 4.78 is 32.7. The second-order valence-corrected chi connectivity index (χ2v) is 7.76. The van der Waals surface area contributed by atoms with Crippen LogP contribution in [0.1, 0.15) is 22.5 Å². The first-order valence-electron chi connectivity index (χ1n) is 8.25. The third kappa shape index (κ3) is 4.84. The molecule has 1 fully saturated rings. The van der Waals surface area contributed by atoms with Crippen LogP contribution in [0.15, 0.2) is 47.8 Å². The summed E-state index contributed by atoms with van der Waals surface area (Å²) >= 11 is 0. The first-order chi connectivity index (χ1) is 12.5. The summed E-state index contributed by atoms with van der Waals surface area (Å²) in [5.41, 5.74) is 0.934. The van der Waals surface area contributed by atoms with Crippen LogP contribution in [0.2, 0.25) is 0 Å². The van der Waals surface area contributed by atoms with Gasteiger partial charge in [-0.05, 0) is 36.6 Å². The lowest BCUT2D eigenvalue weighted by Gasteiger charge is -2.11. The Kier molecular flexibility index (Phi) is 5.92. The first-order valence-corrected chi connectivity index (χ1v) is 9.73. The lowest BCUT2D eigenvalue weighted by molar-refractivity contribution is 0.0950. The zero-order chi connectivity index (χ0) is 18.4. The predicted octanol–water partition coefficient (Wildman–Crippen LogP) is 0.721. The van der Waals surface area contributed by atoms with Gasteiger partial charge in [-0.2, -0.15) is 0 Å². The van der Waals surface area contributed by atoms with Crippen molar-refractivity contribution in [3.8, 4) is 0 Å². The van der Waals surface area contributed by atoms with E-state index in [0.29, 0.717) is 25.5 Å². The van der Waals surface area contributed by atoms with Crippen LogP contribution in [0.5, 0.6) is 0 Å². The largest absolute Gasteiger partial charge is 0.381 e. The monoisotopic (exact) mass is 376 g/mol. The van der Waals surface area contributed by atoms with Gasteiger partial charge >= 0.3 is 0 Å². The first kappa shape index (κ1) is 18.4. The maximum Gasteiger partial charge on any atom is 0.251 e. The van der Waals surface area contributed by atoms with Gasteiger partial charge in [-0.1, -0.05) is 6.07 Å². The molecule has 3 rings (SSSR count). The standard InChI is InChI=1S/C17H20N4O4S/c22-17(19-10-15-4-6-18-12-20-15)14-2-1-3-16(8-14)26(23,24)21-9-13-5-7-25-11-13/h1-4,6,8,12-13,21H,5,7,9-11H2,(H,19,22)/t13-/m0/s1. The van der Waals surface area contributed by atoms with Gasteiger partial charge in [-0.3, -0.25) is 4.79 Å². The Morgan fingerprint density at radius 3 is 2.92 bits per heavy atom. The van der Waals surface area contributed by atoms with Crippen molar-refractivity contribution in [1.29, 1.82) is 0 Å². The number of benzene rings is 1. The third-order valence-electron chi connectivity index (χ3n) is 4.07. The van der Waals surface area contributed by atoms with Gasteiger partial charge in [0, 0.05) is 24.9 Å². The van der Waals surface area contributed by atoms with E-state index in [9.17, 15) is 13.2 Å². The predicted molar refractivity (Wildman–Crippen MR) is 93.8 cm³/mol. The average molecular weight is 376 g/mol. The lowest BCUT2D eigenvalue weighted by atomic mass is 10.1. The van der Waals surface area contributed by atoms with E-state index in [-0.39, 0.29) is 28.8 Å². The highest BCUT2D eigenvalue weighted by molar-refractivity contribution is 7.89. The second kappa shape index (κ2) is 8.35. The Balaban J connectivity index is 1.63. The van der Waals surface area contributed by atoms with Crippen molar-refractivity contribution >= 4 is 15.9 Å². The maximum absolute atomic E-state index is 12.4. The number of carbonyl (C=O) groups excluding carboxylic acids is 1. The molecule has 2 heterocycles. The normalized spacial score (nSPS) is 17.2. The minimum atomic E-state index is -3.68. The number of aromatic nitrogens is 2. The molecule has 0 saturated carbocycles. The molecule has 1 atom stereocenters. The van der Waals surface area contributed by atoms with E-state index in [2.05, 4.69) is 20.0 Å². The van der Waals surface area contributed by atoms with Gasteiger partial charge in [0.25, 0.3) is 5.91 Å². The maximum atomic E-state index is 12.4. The minimum Gasteiger partial charge on any atom is -0.381 e. The Morgan fingerprint density at radius 2 is 2.19 bits per heavy atom. The van der Waals surface area contributed by atoms with Crippen LogP contribution < -0.4 is 10.0 Å². The Bertz CT molecular complexity index is 852. The fourth-order valence-electron chi connectivity index (χ4n) is 2.56. The van der Waals surface area contributed by atoms with E-state index in [1.165, 1.54) is 18.5 Å². The number of rotatable bonds is 7. The molecule has 26 heavy (non-hydrogen) atoms. The van der Waals surface area contributed by atoms with Gasteiger partial charge in [-0.15, -0.1) is 0 Å². The van der Waals surface area contributed by atoms with Crippen LogP contribution in [-0.4, -0.2) is 44.1 Å². The van der Waals surface area contributed by atoms with Crippen molar-refractivity contribution in [2.75, 3.05) is 19.8 Å². The minimum absolute atomic E-state index is 0.0612. The van der Waals surface area contributed by atoms with Crippen LogP contribution in [0.4, 0.5) is 0 Å². The Morgan fingerprint density at radius 1 is 1.31 bits per heavy atom. The van der Waals surface area contributed by atoms with Crippen molar-refractivity contribution in [1.82, 2.24) is 20.0 Å². The molecule has 1 aromatic carbocycles. The van der Waals surface area contributed by atoms with Crippen molar-refractivity contribution < 1.29 is 17.9 Å². The quantitative estimate of drug-likeness (QED) is 0.737. The molecule has 1 aliphatic heterocycles. The Hall–Kier alpha value is -2.36. The van der Waals surface area contributed by atoms with E-state index in [0.717, 1.165) is 6.42 Å². The molecule has 138 valence electrons. The van der Waals surface area contributed by atoms with E-state index < -0.39 is 10.0 Å². The highest BCUT2D eigenvalue weighted by Gasteiger charge is 2.21. The summed E-state index contributed by atoms with van der Waals surface area (Å²) in [6.07, 6.45) is 3.83. The number of sulfonamides is 1. The average Bonchev–Trinajstić information content (AvgIpc) is 3.19. The van der Waals surface area contributed by atoms with E-state index in [1.807, 2.05) is 0 Å². The fourth-order valence-corrected chi connectivity index (χ4v) is 3.72. The molecule has 0 radical (unpaired) electrons. The summed E-state index contributed by atoms with van der Waals surface area (Å²) in [7, 11) is -3.68. The molecule has 9 heteroatoms. The SMILES string of the molecule is O=C(NCc1ccncn1)c1cccc(S(=O)(=O)NC[C@@H]2CCOC2)c1.